The van der Waals surface area contributed by atoms with E-state index in [2.05, 4.69) is 13.0 Å². The van der Waals surface area contributed by atoms with E-state index in [4.69, 9.17) is 24.8 Å². The number of carbonyl (C=O) groups excluding carboxylic acids is 1. The van der Waals surface area contributed by atoms with E-state index in [1.165, 1.54) is 32.1 Å². The van der Waals surface area contributed by atoms with Gasteiger partial charge >= 0.3 is 5.97 Å². The molecule has 184 valence electrons. The van der Waals surface area contributed by atoms with Crippen molar-refractivity contribution in [2.45, 2.75) is 109 Å². The maximum atomic E-state index is 11.5. The molecule has 4 N–H and O–H groups in total. The minimum atomic E-state index is -1.00. The molecule has 0 spiro atoms. The molecular weight excluding hydrogens is 400 g/mol. The van der Waals surface area contributed by atoms with Crippen molar-refractivity contribution in [3.05, 3.63) is 11.8 Å². The summed E-state index contributed by atoms with van der Waals surface area (Å²) in [6, 6.07) is 0. The third kappa shape index (κ3) is 20.5. The molecule has 0 saturated heterocycles. The van der Waals surface area contributed by atoms with Gasteiger partial charge in [-0.1, -0.05) is 58.3 Å². The Labute approximate surface area is 188 Å². The summed E-state index contributed by atoms with van der Waals surface area (Å²) in [5.41, 5.74) is 0. The summed E-state index contributed by atoms with van der Waals surface area (Å²) >= 11 is 0. The molecule has 0 saturated carbocycles. The number of hydrogen-bond donors (Lipinski definition) is 4. The maximum absolute atomic E-state index is 11.5. The number of unbranched alkanes of at least 4 members (excludes halogenated alkanes) is 10. The van der Waals surface area contributed by atoms with Gasteiger partial charge in [-0.15, -0.1) is 0 Å². The average molecular weight is 447 g/mol. The third-order valence-electron chi connectivity index (χ3n) is 5.05. The van der Waals surface area contributed by atoms with Crippen LogP contribution in [0.25, 0.3) is 0 Å². The minimum Gasteiger partial charge on any atom is -0.495 e. The largest absolute Gasteiger partial charge is 0.495 e. The Morgan fingerprint density at radius 3 is 1.87 bits per heavy atom. The van der Waals surface area contributed by atoms with E-state index in [9.17, 15) is 9.90 Å². The van der Waals surface area contributed by atoms with Crippen molar-refractivity contribution in [1.29, 1.82) is 0 Å². The highest BCUT2D eigenvalue weighted by atomic mass is 16.5. The van der Waals surface area contributed by atoms with Crippen LogP contribution in [0.1, 0.15) is 96.8 Å². The van der Waals surface area contributed by atoms with Gasteiger partial charge in [-0.05, 0) is 31.8 Å². The van der Waals surface area contributed by atoms with Crippen molar-refractivity contribution in [3.8, 4) is 0 Å². The lowest BCUT2D eigenvalue weighted by atomic mass is 10.1. The van der Waals surface area contributed by atoms with Gasteiger partial charge in [0, 0.05) is 12.8 Å². The highest BCUT2D eigenvalue weighted by Gasteiger charge is 2.08. The summed E-state index contributed by atoms with van der Waals surface area (Å²) in [4.78, 5) is 11.5. The summed E-state index contributed by atoms with van der Waals surface area (Å²) in [5.74, 6) is 0.577. The van der Waals surface area contributed by atoms with Gasteiger partial charge in [0.25, 0.3) is 0 Å². The van der Waals surface area contributed by atoms with E-state index in [1.54, 1.807) is 0 Å². The number of allylic oxidation sites excluding steroid dienone is 2. The van der Waals surface area contributed by atoms with E-state index < -0.39 is 18.8 Å². The van der Waals surface area contributed by atoms with Crippen LogP contribution in [0.3, 0.4) is 0 Å². The van der Waals surface area contributed by atoms with Gasteiger partial charge < -0.3 is 29.9 Å². The summed E-state index contributed by atoms with van der Waals surface area (Å²) in [5, 5.41) is 36.3. The van der Waals surface area contributed by atoms with Crippen molar-refractivity contribution in [3.63, 3.8) is 0 Å². The van der Waals surface area contributed by atoms with Gasteiger partial charge in [-0.3, -0.25) is 4.79 Å². The SMILES string of the molecule is CCCCCCCC/C(=C\CCCCCCCC(=O)OCC(O)CO)OCC(O)CO. The number of hydrogen-bond acceptors (Lipinski definition) is 7. The number of carbonyl (C=O) groups is 1. The second-order valence-electron chi connectivity index (χ2n) is 8.16. The topological polar surface area (TPSA) is 116 Å². The van der Waals surface area contributed by atoms with Gasteiger partial charge in [0.05, 0.1) is 19.0 Å². The summed E-state index contributed by atoms with van der Waals surface area (Å²) in [6.07, 6.45) is 14.6. The van der Waals surface area contributed by atoms with Gasteiger partial charge in [-0.25, -0.2) is 0 Å². The van der Waals surface area contributed by atoms with Crippen LogP contribution in [-0.2, 0) is 14.3 Å². The molecule has 7 nitrogen and oxygen atoms in total. The molecule has 0 aromatic rings. The molecule has 2 unspecified atom stereocenters. The highest BCUT2D eigenvalue weighted by molar-refractivity contribution is 5.69. The number of aliphatic hydroxyl groups is 4. The van der Waals surface area contributed by atoms with Gasteiger partial charge in [0.1, 0.15) is 25.4 Å². The lowest BCUT2D eigenvalue weighted by Gasteiger charge is -2.13. The predicted octanol–water partition coefficient (Wildman–Crippen LogP) is 3.62. The van der Waals surface area contributed by atoms with Crippen LogP contribution in [0, 0.1) is 0 Å². The Kier molecular flexibility index (Phi) is 21.2. The number of esters is 1. The average Bonchev–Trinajstić information content (AvgIpc) is 2.78. The Balaban J connectivity index is 3.93. The van der Waals surface area contributed by atoms with Crippen molar-refractivity contribution in [2.75, 3.05) is 26.4 Å². The molecule has 0 fully saturated rings. The molecule has 0 heterocycles. The van der Waals surface area contributed by atoms with Crippen molar-refractivity contribution >= 4 is 5.97 Å². The Morgan fingerprint density at radius 1 is 0.742 bits per heavy atom. The molecule has 0 rings (SSSR count). The molecule has 0 bridgehead atoms. The van der Waals surface area contributed by atoms with Crippen LogP contribution >= 0.6 is 0 Å². The van der Waals surface area contributed by atoms with Gasteiger partial charge in [-0.2, -0.15) is 0 Å². The Hall–Kier alpha value is -1.15. The first-order valence-corrected chi connectivity index (χ1v) is 12.1. The molecule has 0 radical (unpaired) electrons. The van der Waals surface area contributed by atoms with E-state index in [0.29, 0.717) is 6.42 Å². The van der Waals surface area contributed by atoms with E-state index >= 15 is 0 Å². The van der Waals surface area contributed by atoms with E-state index in [-0.39, 0.29) is 25.8 Å². The third-order valence-corrected chi connectivity index (χ3v) is 5.05. The molecule has 31 heavy (non-hydrogen) atoms. The second-order valence-corrected chi connectivity index (χ2v) is 8.16. The van der Waals surface area contributed by atoms with E-state index in [0.717, 1.165) is 57.1 Å². The number of aliphatic hydroxyl groups excluding tert-OH is 4. The van der Waals surface area contributed by atoms with Crippen molar-refractivity contribution in [1.82, 2.24) is 0 Å². The van der Waals surface area contributed by atoms with Crippen LogP contribution in [0.15, 0.2) is 11.8 Å². The molecule has 0 aromatic heterocycles. The summed E-state index contributed by atoms with van der Waals surface area (Å²) in [6.45, 7) is 1.49. The molecule has 2 atom stereocenters. The first-order valence-electron chi connectivity index (χ1n) is 12.1. The van der Waals surface area contributed by atoms with Gasteiger partial charge in [0.15, 0.2) is 0 Å². The molecule has 0 aliphatic carbocycles. The lowest BCUT2D eigenvalue weighted by molar-refractivity contribution is -0.147. The van der Waals surface area contributed by atoms with Gasteiger partial charge in [0.2, 0.25) is 0 Å². The standard InChI is InChI=1S/C24H46O7/c1-2-3-4-5-8-11-14-23(30-19-21(27)17-25)15-12-9-6-7-10-13-16-24(29)31-20-22(28)18-26/h15,21-22,25-28H,2-14,16-20H2,1H3/b23-15+. The fourth-order valence-electron chi connectivity index (χ4n) is 3.09. The smallest absolute Gasteiger partial charge is 0.305 e. The highest BCUT2D eigenvalue weighted by Crippen LogP contribution is 2.16. The predicted molar refractivity (Wildman–Crippen MR) is 121 cm³/mol. The minimum absolute atomic E-state index is 0.129. The Bertz CT molecular complexity index is 440. The summed E-state index contributed by atoms with van der Waals surface area (Å²) in [7, 11) is 0. The first kappa shape index (κ1) is 29.9. The fraction of sp³-hybridized carbons (Fsp3) is 0.875. The molecular formula is C24H46O7. The van der Waals surface area contributed by atoms with Crippen LogP contribution in [-0.4, -0.2) is 65.0 Å². The van der Waals surface area contributed by atoms with Crippen LogP contribution in [0.5, 0.6) is 0 Å². The fourth-order valence-corrected chi connectivity index (χ4v) is 3.09. The molecule has 7 heteroatoms. The molecule has 0 aliphatic rings. The second kappa shape index (κ2) is 22.1. The van der Waals surface area contributed by atoms with E-state index in [1.807, 2.05) is 0 Å². The maximum Gasteiger partial charge on any atom is 0.305 e. The zero-order valence-electron chi connectivity index (χ0n) is 19.5. The van der Waals surface area contributed by atoms with Crippen molar-refractivity contribution < 1.29 is 34.7 Å². The molecule has 0 amide bonds. The van der Waals surface area contributed by atoms with Crippen LogP contribution in [0.4, 0.5) is 0 Å². The number of rotatable bonds is 22. The zero-order chi connectivity index (χ0) is 23.2. The zero-order valence-corrected chi connectivity index (χ0v) is 19.5. The van der Waals surface area contributed by atoms with Crippen molar-refractivity contribution in [2.24, 2.45) is 0 Å². The van der Waals surface area contributed by atoms with Crippen LogP contribution < -0.4 is 0 Å². The van der Waals surface area contributed by atoms with Crippen LogP contribution in [0.2, 0.25) is 0 Å². The molecule has 0 aliphatic heterocycles. The summed E-state index contributed by atoms with van der Waals surface area (Å²) < 4.78 is 10.6. The lowest BCUT2D eigenvalue weighted by Crippen LogP contribution is -2.21. The first-order chi connectivity index (χ1) is 15.0. The normalized spacial score (nSPS) is 13.8. The number of ether oxygens (including phenoxy) is 2. The monoisotopic (exact) mass is 446 g/mol. The quantitative estimate of drug-likeness (QED) is 0.114. The Morgan fingerprint density at radius 2 is 1.26 bits per heavy atom. The molecule has 0 aromatic carbocycles.